The Bertz CT molecular complexity index is 263. The molecular formula is C12H18FN. The molecule has 0 atom stereocenters. The lowest BCUT2D eigenvalue weighted by Gasteiger charge is -2.06. The number of anilines is 1. The molecular weight excluding hydrogens is 177 g/mol. The van der Waals surface area contributed by atoms with Crippen molar-refractivity contribution in [3.63, 3.8) is 0 Å². The Morgan fingerprint density at radius 1 is 1.21 bits per heavy atom. The van der Waals surface area contributed by atoms with E-state index in [1.165, 1.54) is 18.9 Å². The minimum atomic E-state index is -0.164. The summed E-state index contributed by atoms with van der Waals surface area (Å²) < 4.78 is 13.0. The number of benzene rings is 1. The van der Waals surface area contributed by atoms with E-state index in [1.807, 2.05) is 13.0 Å². The molecule has 14 heavy (non-hydrogen) atoms. The van der Waals surface area contributed by atoms with Crippen molar-refractivity contribution in [2.24, 2.45) is 0 Å². The molecule has 0 fully saturated rings. The number of rotatable bonds is 5. The zero-order valence-electron chi connectivity index (χ0n) is 8.94. The van der Waals surface area contributed by atoms with Gasteiger partial charge in [-0.15, -0.1) is 0 Å². The molecule has 0 heterocycles. The van der Waals surface area contributed by atoms with Crippen LogP contribution in [0.25, 0.3) is 0 Å². The fourth-order valence-corrected chi connectivity index (χ4v) is 1.45. The minimum absolute atomic E-state index is 0.164. The van der Waals surface area contributed by atoms with Gasteiger partial charge in [-0.2, -0.15) is 0 Å². The smallest absolute Gasteiger partial charge is 0.125 e. The first-order valence-electron chi connectivity index (χ1n) is 5.23. The van der Waals surface area contributed by atoms with Crippen molar-refractivity contribution in [2.75, 3.05) is 11.9 Å². The maximum Gasteiger partial charge on any atom is 0.125 e. The van der Waals surface area contributed by atoms with Crippen molar-refractivity contribution in [1.29, 1.82) is 0 Å². The summed E-state index contributed by atoms with van der Waals surface area (Å²) in [6.07, 6.45) is 3.58. The Kier molecular flexibility index (Phi) is 4.44. The van der Waals surface area contributed by atoms with Crippen molar-refractivity contribution in [3.05, 3.63) is 29.6 Å². The second-order valence-electron chi connectivity index (χ2n) is 3.65. The highest BCUT2D eigenvalue weighted by atomic mass is 19.1. The molecule has 2 heteroatoms. The van der Waals surface area contributed by atoms with Crippen LogP contribution in [0.4, 0.5) is 10.1 Å². The van der Waals surface area contributed by atoms with Crippen molar-refractivity contribution in [3.8, 4) is 0 Å². The van der Waals surface area contributed by atoms with Gasteiger partial charge in [-0.25, -0.2) is 4.39 Å². The Balaban J connectivity index is 2.42. The quantitative estimate of drug-likeness (QED) is 0.706. The lowest BCUT2D eigenvalue weighted by molar-refractivity contribution is 0.627. The molecule has 0 aliphatic rings. The number of nitrogens with one attached hydrogen (secondary N) is 1. The predicted octanol–water partition coefficient (Wildman–Crippen LogP) is 3.74. The molecule has 0 unspecified atom stereocenters. The van der Waals surface area contributed by atoms with Crippen LogP contribution in [0.3, 0.4) is 0 Å². The highest BCUT2D eigenvalue weighted by Gasteiger charge is 1.96. The molecule has 0 saturated heterocycles. The topological polar surface area (TPSA) is 12.0 Å². The minimum Gasteiger partial charge on any atom is -0.385 e. The largest absolute Gasteiger partial charge is 0.385 e. The third-order valence-electron chi connectivity index (χ3n) is 2.15. The van der Waals surface area contributed by atoms with E-state index < -0.39 is 0 Å². The first kappa shape index (κ1) is 11.0. The molecule has 0 aliphatic heterocycles. The molecule has 0 amide bonds. The van der Waals surface area contributed by atoms with Crippen LogP contribution in [0.2, 0.25) is 0 Å². The maximum atomic E-state index is 13.0. The van der Waals surface area contributed by atoms with E-state index in [9.17, 15) is 4.39 Å². The van der Waals surface area contributed by atoms with Crippen LogP contribution in [0, 0.1) is 12.7 Å². The molecule has 1 aromatic rings. The zero-order valence-corrected chi connectivity index (χ0v) is 8.94. The fourth-order valence-electron chi connectivity index (χ4n) is 1.45. The van der Waals surface area contributed by atoms with Crippen molar-refractivity contribution >= 4 is 5.69 Å². The van der Waals surface area contributed by atoms with Gasteiger partial charge in [0.05, 0.1) is 0 Å². The summed E-state index contributed by atoms with van der Waals surface area (Å²) >= 11 is 0. The molecule has 0 saturated carbocycles. The van der Waals surface area contributed by atoms with E-state index in [0.29, 0.717) is 0 Å². The van der Waals surface area contributed by atoms with Gasteiger partial charge in [0.15, 0.2) is 0 Å². The van der Waals surface area contributed by atoms with Gasteiger partial charge in [-0.05, 0) is 37.1 Å². The van der Waals surface area contributed by atoms with E-state index in [4.69, 9.17) is 0 Å². The summed E-state index contributed by atoms with van der Waals surface area (Å²) in [6, 6.07) is 5.05. The summed E-state index contributed by atoms with van der Waals surface area (Å²) in [6.45, 7) is 5.00. The third kappa shape index (κ3) is 3.77. The van der Waals surface area contributed by atoms with Crippen molar-refractivity contribution < 1.29 is 4.39 Å². The van der Waals surface area contributed by atoms with Gasteiger partial charge in [0.2, 0.25) is 0 Å². The average molecular weight is 195 g/mol. The fraction of sp³-hybridized carbons (Fsp3) is 0.500. The molecule has 1 rings (SSSR count). The summed E-state index contributed by atoms with van der Waals surface area (Å²) in [5, 5.41) is 3.22. The van der Waals surface area contributed by atoms with Crippen LogP contribution >= 0.6 is 0 Å². The normalized spacial score (nSPS) is 10.2. The van der Waals surface area contributed by atoms with Gasteiger partial charge < -0.3 is 5.32 Å². The first-order chi connectivity index (χ1) is 6.72. The van der Waals surface area contributed by atoms with Gasteiger partial charge >= 0.3 is 0 Å². The lowest BCUT2D eigenvalue weighted by atomic mass is 10.2. The Hall–Kier alpha value is -1.05. The Labute approximate surface area is 85.3 Å². The van der Waals surface area contributed by atoms with Crippen LogP contribution in [0.5, 0.6) is 0 Å². The SMILES string of the molecule is CCCCCNc1cc(C)cc(F)c1. The van der Waals surface area contributed by atoms with E-state index in [2.05, 4.69) is 12.2 Å². The number of unbranched alkanes of at least 4 members (excludes halogenated alkanes) is 2. The Morgan fingerprint density at radius 2 is 2.00 bits per heavy atom. The number of aryl methyl sites for hydroxylation is 1. The van der Waals surface area contributed by atoms with Gasteiger partial charge in [-0.3, -0.25) is 0 Å². The standard InChI is InChI=1S/C12H18FN/c1-3-4-5-6-14-12-8-10(2)7-11(13)9-12/h7-9,14H,3-6H2,1-2H3. The number of halogens is 1. The van der Waals surface area contributed by atoms with E-state index >= 15 is 0 Å². The number of hydrogen-bond donors (Lipinski definition) is 1. The predicted molar refractivity (Wildman–Crippen MR) is 59.2 cm³/mol. The first-order valence-corrected chi connectivity index (χ1v) is 5.23. The second-order valence-corrected chi connectivity index (χ2v) is 3.65. The molecule has 0 aromatic heterocycles. The zero-order chi connectivity index (χ0) is 10.4. The molecule has 1 aromatic carbocycles. The third-order valence-corrected chi connectivity index (χ3v) is 2.15. The number of hydrogen-bond acceptors (Lipinski definition) is 1. The van der Waals surface area contributed by atoms with Crippen molar-refractivity contribution in [2.45, 2.75) is 33.1 Å². The average Bonchev–Trinajstić information content (AvgIpc) is 2.11. The second kappa shape index (κ2) is 5.63. The van der Waals surface area contributed by atoms with Crippen LogP contribution in [0.15, 0.2) is 18.2 Å². The summed E-state index contributed by atoms with van der Waals surface area (Å²) in [5.74, 6) is -0.164. The molecule has 0 spiro atoms. The van der Waals surface area contributed by atoms with Gasteiger partial charge in [0.25, 0.3) is 0 Å². The summed E-state index contributed by atoms with van der Waals surface area (Å²) in [7, 11) is 0. The molecule has 78 valence electrons. The van der Waals surface area contributed by atoms with E-state index in [1.54, 1.807) is 6.07 Å². The summed E-state index contributed by atoms with van der Waals surface area (Å²) in [5.41, 5.74) is 1.85. The van der Waals surface area contributed by atoms with Crippen LogP contribution in [-0.2, 0) is 0 Å². The monoisotopic (exact) mass is 195 g/mol. The highest BCUT2D eigenvalue weighted by molar-refractivity contribution is 5.45. The Morgan fingerprint density at radius 3 is 2.64 bits per heavy atom. The van der Waals surface area contributed by atoms with Crippen LogP contribution in [-0.4, -0.2) is 6.54 Å². The van der Waals surface area contributed by atoms with Gasteiger partial charge in [0, 0.05) is 12.2 Å². The summed E-state index contributed by atoms with van der Waals surface area (Å²) in [4.78, 5) is 0. The van der Waals surface area contributed by atoms with Crippen LogP contribution < -0.4 is 5.32 Å². The molecule has 0 radical (unpaired) electrons. The highest BCUT2D eigenvalue weighted by Crippen LogP contribution is 2.13. The lowest BCUT2D eigenvalue weighted by Crippen LogP contribution is -2.01. The molecule has 0 bridgehead atoms. The maximum absolute atomic E-state index is 13.0. The molecule has 0 aliphatic carbocycles. The van der Waals surface area contributed by atoms with Crippen molar-refractivity contribution in [1.82, 2.24) is 0 Å². The van der Waals surface area contributed by atoms with Gasteiger partial charge in [0.1, 0.15) is 5.82 Å². The molecule has 1 N–H and O–H groups in total. The van der Waals surface area contributed by atoms with Crippen LogP contribution in [0.1, 0.15) is 31.7 Å². The van der Waals surface area contributed by atoms with E-state index in [0.717, 1.165) is 24.2 Å². The van der Waals surface area contributed by atoms with Gasteiger partial charge in [-0.1, -0.05) is 19.8 Å². The molecule has 1 nitrogen and oxygen atoms in total. The van der Waals surface area contributed by atoms with E-state index in [-0.39, 0.29) is 5.82 Å².